The summed E-state index contributed by atoms with van der Waals surface area (Å²) in [4.78, 5) is 21.5. The van der Waals surface area contributed by atoms with Gasteiger partial charge in [-0.25, -0.2) is 0 Å². The van der Waals surface area contributed by atoms with Gasteiger partial charge in [-0.2, -0.15) is 0 Å². The van der Waals surface area contributed by atoms with Crippen LogP contribution in [0.15, 0.2) is 22.7 Å². The van der Waals surface area contributed by atoms with Crippen LogP contribution in [0.3, 0.4) is 0 Å². The summed E-state index contributed by atoms with van der Waals surface area (Å²) in [7, 11) is 1.34. The second-order valence-electron chi connectivity index (χ2n) is 3.57. The van der Waals surface area contributed by atoms with Crippen LogP contribution in [0.1, 0.15) is 17.5 Å². The summed E-state index contributed by atoms with van der Waals surface area (Å²) in [6.45, 7) is 0. The van der Waals surface area contributed by atoms with Crippen molar-refractivity contribution in [2.75, 3.05) is 7.11 Å². The second kappa shape index (κ2) is 6.39. The summed E-state index contributed by atoms with van der Waals surface area (Å²) < 4.78 is 5.38. The van der Waals surface area contributed by atoms with Gasteiger partial charge in [-0.15, -0.1) is 0 Å². The molecule has 0 fully saturated rings. The molecule has 4 nitrogen and oxygen atoms in total. The predicted octanol–water partition coefficient (Wildman–Crippen LogP) is 2.18. The Morgan fingerprint density at radius 2 is 2.12 bits per heavy atom. The Bertz CT molecular complexity index is 429. The topological polar surface area (TPSA) is 63.6 Å². The van der Waals surface area contributed by atoms with E-state index in [4.69, 9.17) is 5.11 Å². The molecule has 0 aliphatic carbocycles. The van der Waals surface area contributed by atoms with Gasteiger partial charge in [0.1, 0.15) is 0 Å². The lowest BCUT2D eigenvalue weighted by Crippen LogP contribution is -2.05. The summed E-state index contributed by atoms with van der Waals surface area (Å²) in [6, 6.07) is 5.46. The molecule has 1 N–H and O–H groups in total. The number of carboxylic acid groups (broad SMARTS) is 1. The Morgan fingerprint density at radius 1 is 1.41 bits per heavy atom. The molecule has 0 radical (unpaired) electrons. The quantitative estimate of drug-likeness (QED) is 0.847. The van der Waals surface area contributed by atoms with Gasteiger partial charge in [-0.3, -0.25) is 9.59 Å². The van der Waals surface area contributed by atoms with E-state index < -0.39 is 5.97 Å². The molecule has 0 aromatic heterocycles. The molecule has 0 aliphatic heterocycles. The van der Waals surface area contributed by atoms with Crippen LogP contribution in [-0.4, -0.2) is 24.2 Å². The maximum Gasteiger partial charge on any atom is 0.310 e. The number of benzene rings is 1. The molecule has 1 aromatic carbocycles. The molecule has 0 saturated carbocycles. The zero-order valence-electron chi connectivity index (χ0n) is 9.40. The van der Waals surface area contributed by atoms with Crippen molar-refractivity contribution >= 4 is 27.9 Å². The predicted molar refractivity (Wildman–Crippen MR) is 65.8 cm³/mol. The second-order valence-corrected chi connectivity index (χ2v) is 4.43. The first-order valence-corrected chi connectivity index (χ1v) is 5.88. The van der Waals surface area contributed by atoms with Gasteiger partial charge in [0.2, 0.25) is 0 Å². The van der Waals surface area contributed by atoms with Gasteiger partial charge in [0.25, 0.3) is 0 Å². The van der Waals surface area contributed by atoms with Crippen LogP contribution in [0.25, 0.3) is 0 Å². The fourth-order valence-electron chi connectivity index (χ4n) is 1.37. The van der Waals surface area contributed by atoms with Crippen molar-refractivity contribution in [3.63, 3.8) is 0 Å². The largest absolute Gasteiger partial charge is 0.481 e. The third kappa shape index (κ3) is 4.56. The highest BCUT2D eigenvalue weighted by Gasteiger charge is 2.08. The van der Waals surface area contributed by atoms with Gasteiger partial charge in [0.05, 0.1) is 13.5 Å². The number of aliphatic carboxylic acids is 1. The number of carboxylic acids is 1. The zero-order chi connectivity index (χ0) is 12.8. The SMILES string of the molecule is COC(=O)Cc1ccc(CCC(=O)O)cc1Br. The van der Waals surface area contributed by atoms with Crippen LogP contribution in [-0.2, 0) is 27.2 Å². The first-order valence-electron chi connectivity index (χ1n) is 5.09. The molecule has 0 bridgehead atoms. The standard InChI is InChI=1S/C12H13BrO4/c1-17-12(16)7-9-4-2-8(6-10(9)13)3-5-11(14)15/h2,4,6H,3,5,7H2,1H3,(H,14,15). The average Bonchev–Trinajstić information content (AvgIpc) is 2.29. The zero-order valence-corrected chi connectivity index (χ0v) is 11.0. The molecule has 0 aliphatic rings. The highest BCUT2D eigenvalue weighted by molar-refractivity contribution is 9.10. The van der Waals surface area contributed by atoms with E-state index in [0.29, 0.717) is 6.42 Å². The highest BCUT2D eigenvalue weighted by Crippen LogP contribution is 2.20. The number of hydrogen-bond donors (Lipinski definition) is 1. The van der Waals surface area contributed by atoms with Crippen LogP contribution in [0.5, 0.6) is 0 Å². The summed E-state index contributed by atoms with van der Waals surface area (Å²) in [5, 5.41) is 8.58. The van der Waals surface area contributed by atoms with Crippen LogP contribution < -0.4 is 0 Å². The van der Waals surface area contributed by atoms with E-state index in [0.717, 1.165) is 15.6 Å². The van der Waals surface area contributed by atoms with Crippen LogP contribution in [0.4, 0.5) is 0 Å². The maximum absolute atomic E-state index is 11.1. The lowest BCUT2D eigenvalue weighted by molar-refractivity contribution is -0.140. The summed E-state index contributed by atoms with van der Waals surface area (Å²) in [6.07, 6.45) is 0.783. The van der Waals surface area contributed by atoms with Crippen molar-refractivity contribution in [1.29, 1.82) is 0 Å². The lowest BCUT2D eigenvalue weighted by atomic mass is 10.1. The number of esters is 1. The van der Waals surface area contributed by atoms with Gasteiger partial charge in [-0.1, -0.05) is 28.1 Å². The van der Waals surface area contributed by atoms with Crippen molar-refractivity contribution < 1.29 is 19.4 Å². The van der Waals surface area contributed by atoms with Gasteiger partial charge < -0.3 is 9.84 Å². The molecule has 5 heteroatoms. The molecule has 92 valence electrons. The first kappa shape index (κ1) is 13.7. The molecular weight excluding hydrogens is 288 g/mol. The number of carbonyl (C=O) groups is 2. The molecule has 0 spiro atoms. The maximum atomic E-state index is 11.1. The van der Waals surface area contributed by atoms with Crippen LogP contribution in [0, 0.1) is 0 Å². The van der Waals surface area contributed by atoms with Crippen molar-refractivity contribution in [2.45, 2.75) is 19.3 Å². The van der Waals surface area contributed by atoms with Gasteiger partial charge in [0, 0.05) is 10.9 Å². The molecule has 17 heavy (non-hydrogen) atoms. The molecule has 0 saturated heterocycles. The minimum Gasteiger partial charge on any atom is -0.481 e. The normalized spacial score (nSPS) is 10.0. The Morgan fingerprint density at radius 3 is 2.65 bits per heavy atom. The number of ether oxygens (including phenoxy) is 1. The third-order valence-electron chi connectivity index (χ3n) is 2.31. The van der Waals surface area contributed by atoms with Crippen LogP contribution in [0.2, 0.25) is 0 Å². The first-order chi connectivity index (χ1) is 8.02. The molecule has 0 atom stereocenters. The Balaban J connectivity index is 2.72. The highest BCUT2D eigenvalue weighted by atomic mass is 79.9. The monoisotopic (exact) mass is 300 g/mol. The minimum atomic E-state index is -0.820. The molecule has 0 heterocycles. The smallest absolute Gasteiger partial charge is 0.310 e. The fourth-order valence-corrected chi connectivity index (χ4v) is 1.94. The van der Waals surface area contributed by atoms with E-state index in [1.165, 1.54) is 7.11 Å². The molecule has 1 rings (SSSR count). The van der Waals surface area contributed by atoms with E-state index in [1.807, 2.05) is 12.1 Å². The van der Waals surface area contributed by atoms with Gasteiger partial charge in [0.15, 0.2) is 0 Å². The fraction of sp³-hybridized carbons (Fsp3) is 0.333. The lowest BCUT2D eigenvalue weighted by Gasteiger charge is -2.06. The number of rotatable bonds is 5. The summed E-state index contributed by atoms with van der Waals surface area (Å²) >= 11 is 3.36. The average molecular weight is 301 g/mol. The summed E-state index contributed by atoms with van der Waals surface area (Å²) in [5.74, 6) is -1.12. The van der Waals surface area contributed by atoms with Crippen molar-refractivity contribution in [3.05, 3.63) is 33.8 Å². The Hall–Kier alpha value is -1.36. The van der Waals surface area contributed by atoms with E-state index in [1.54, 1.807) is 6.07 Å². The number of carbonyl (C=O) groups excluding carboxylic acids is 1. The number of halogens is 1. The minimum absolute atomic E-state index is 0.1000. The molecule has 0 unspecified atom stereocenters. The van der Waals surface area contributed by atoms with Crippen molar-refractivity contribution in [3.8, 4) is 0 Å². The van der Waals surface area contributed by atoms with E-state index in [9.17, 15) is 9.59 Å². The number of aryl methyl sites for hydroxylation is 1. The van der Waals surface area contributed by atoms with E-state index >= 15 is 0 Å². The number of methoxy groups -OCH3 is 1. The third-order valence-corrected chi connectivity index (χ3v) is 3.05. The number of hydrogen-bond acceptors (Lipinski definition) is 3. The van der Waals surface area contributed by atoms with Gasteiger partial charge >= 0.3 is 11.9 Å². The van der Waals surface area contributed by atoms with Crippen molar-refractivity contribution in [2.24, 2.45) is 0 Å². The molecule has 1 aromatic rings. The van der Waals surface area contributed by atoms with E-state index in [-0.39, 0.29) is 18.8 Å². The van der Waals surface area contributed by atoms with Gasteiger partial charge in [-0.05, 0) is 23.6 Å². The van der Waals surface area contributed by atoms with Crippen LogP contribution >= 0.6 is 15.9 Å². The Labute approximate surface area is 108 Å². The summed E-state index contributed by atoms with van der Waals surface area (Å²) in [5.41, 5.74) is 1.75. The van der Waals surface area contributed by atoms with E-state index in [2.05, 4.69) is 20.7 Å². The molecule has 0 amide bonds. The van der Waals surface area contributed by atoms with Crippen molar-refractivity contribution in [1.82, 2.24) is 0 Å². The Kier molecular flexibility index (Phi) is 5.15. The molecular formula is C12H13BrO4.